The van der Waals surface area contributed by atoms with Gasteiger partial charge in [-0.05, 0) is 43.7 Å². The zero-order valence-electron chi connectivity index (χ0n) is 18.8. The number of carbonyl (C=O) groups is 1. The summed E-state index contributed by atoms with van der Waals surface area (Å²) in [4.78, 5) is 15.3. The van der Waals surface area contributed by atoms with Crippen molar-refractivity contribution in [1.29, 1.82) is 0 Å². The van der Waals surface area contributed by atoms with E-state index in [0.717, 1.165) is 18.4 Å². The van der Waals surface area contributed by atoms with E-state index < -0.39 is 10.0 Å². The van der Waals surface area contributed by atoms with E-state index in [9.17, 15) is 13.2 Å². The number of sulfonamides is 1. The Labute approximate surface area is 200 Å². The monoisotopic (exact) mass is 491 g/mol. The van der Waals surface area contributed by atoms with Gasteiger partial charge in [0.05, 0.1) is 15.5 Å². The molecule has 0 aromatic heterocycles. The Morgan fingerprint density at radius 2 is 1.73 bits per heavy atom. The summed E-state index contributed by atoms with van der Waals surface area (Å²) < 4.78 is 33.3. The SMILES string of the molecule is CN1CCN(S(=O)(=O)c2ccc(Cl)c(C(=O)NCC3(c4ccccc4)CCOCC3)c2)CC1. The van der Waals surface area contributed by atoms with Crippen LogP contribution < -0.4 is 5.32 Å². The van der Waals surface area contributed by atoms with Crippen molar-refractivity contribution in [2.45, 2.75) is 23.2 Å². The lowest BCUT2D eigenvalue weighted by atomic mass is 9.74. The Bertz CT molecular complexity index is 1080. The number of rotatable bonds is 6. The molecule has 2 aromatic rings. The fraction of sp³-hybridized carbons (Fsp3) is 0.458. The van der Waals surface area contributed by atoms with Crippen molar-refractivity contribution in [3.05, 3.63) is 64.7 Å². The summed E-state index contributed by atoms with van der Waals surface area (Å²) in [6.45, 7) is 3.87. The zero-order valence-corrected chi connectivity index (χ0v) is 20.4. The zero-order chi connectivity index (χ0) is 23.5. The van der Waals surface area contributed by atoms with Gasteiger partial charge in [-0.2, -0.15) is 4.31 Å². The highest BCUT2D eigenvalue weighted by atomic mass is 35.5. The fourth-order valence-corrected chi connectivity index (χ4v) is 6.13. The van der Waals surface area contributed by atoms with Crippen LogP contribution in [0.1, 0.15) is 28.8 Å². The van der Waals surface area contributed by atoms with Crippen molar-refractivity contribution in [2.24, 2.45) is 0 Å². The number of hydrogen-bond acceptors (Lipinski definition) is 5. The number of likely N-dealkylation sites (N-methyl/N-ethyl adjacent to an activating group) is 1. The highest BCUT2D eigenvalue weighted by Gasteiger charge is 2.35. The van der Waals surface area contributed by atoms with Gasteiger partial charge in [0.1, 0.15) is 0 Å². The number of amides is 1. The van der Waals surface area contributed by atoms with Gasteiger partial charge in [-0.1, -0.05) is 41.9 Å². The minimum atomic E-state index is -3.70. The van der Waals surface area contributed by atoms with Crippen molar-refractivity contribution in [3.63, 3.8) is 0 Å². The van der Waals surface area contributed by atoms with E-state index in [4.69, 9.17) is 16.3 Å². The molecule has 2 saturated heterocycles. The Morgan fingerprint density at radius 3 is 2.39 bits per heavy atom. The number of piperazine rings is 1. The summed E-state index contributed by atoms with van der Waals surface area (Å²) >= 11 is 6.32. The third-order valence-corrected chi connectivity index (χ3v) is 8.93. The van der Waals surface area contributed by atoms with Crippen LogP contribution in [-0.2, 0) is 20.2 Å². The van der Waals surface area contributed by atoms with Gasteiger partial charge >= 0.3 is 0 Å². The molecule has 0 radical (unpaired) electrons. The highest BCUT2D eigenvalue weighted by Crippen LogP contribution is 2.34. The lowest BCUT2D eigenvalue weighted by Gasteiger charge is -2.38. The average molecular weight is 492 g/mol. The first-order valence-electron chi connectivity index (χ1n) is 11.2. The van der Waals surface area contributed by atoms with Crippen molar-refractivity contribution >= 4 is 27.5 Å². The van der Waals surface area contributed by atoms with Crippen LogP contribution in [-0.4, -0.2) is 76.5 Å². The molecule has 4 rings (SSSR count). The number of ether oxygens (including phenoxy) is 1. The standard InChI is InChI=1S/C24H30ClN3O4S/c1-27-11-13-28(14-12-27)33(30,31)20-7-8-22(25)21(17-20)23(29)26-18-24(9-15-32-16-10-24)19-5-3-2-4-6-19/h2-8,17H,9-16,18H2,1H3,(H,26,29). The maximum atomic E-state index is 13.1. The van der Waals surface area contributed by atoms with Crippen LogP contribution in [0.4, 0.5) is 0 Å². The Morgan fingerprint density at radius 1 is 1.06 bits per heavy atom. The maximum absolute atomic E-state index is 13.1. The number of nitrogens with zero attached hydrogens (tertiary/aromatic N) is 2. The molecule has 7 nitrogen and oxygen atoms in total. The summed E-state index contributed by atoms with van der Waals surface area (Å²) in [6, 6.07) is 14.5. The second-order valence-corrected chi connectivity index (χ2v) is 11.1. The first-order chi connectivity index (χ1) is 15.8. The number of nitrogens with one attached hydrogen (secondary N) is 1. The van der Waals surface area contributed by atoms with Crippen LogP contribution in [0.15, 0.2) is 53.4 Å². The molecule has 2 heterocycles. The molecule has 1 amide bonds. The summed E-state index contributed by atoms with van der Waals surface area (Å²) in [6.07, 6.45) is 1.59. The van der Waals surface area contributed by atoms with E-state index >= 15 is 0 Å². The van der Waals surface area contributed by atoms with Gasteiger partial charge in [0.15, 0.2) is 0 Å². The van der Waals surface area contributed by atoms with Crippen molar-refractivity contribution in [2.75, 3.05) is 53.0 Å². The molecule has 0 spiro atoms. The predicted octanol–water partition coefficient (Wildman–Crippen LogP) is 2.75. The van der Waals surface area contributed by atoms with E-state index in [2.05, 4.69) is 22.3 Å². The Hall–Kier alpha value is -1.97. The predicted molar refractivity (Wildman–Crippen MR) is 128 cm³/mol. The lowest BCUT2D eigenvalue weighted by Crippen LogP contribution is -2.47. The van der Waals surface area contributed by atoms with Crippen LogP contribution in [0.3, 0.4) is 0 Å². The van der Waals surface area contributed by atoms with E-state index in [-0.39, 0.29) is 26.8 Å². The second-order valence-electron chi connectivity index (χ2n) is 8.79. The van der Waals surface area contributed by atoms with Crippen LogP contribution in [0.5, 0.6) is 0 Å². The second kappa shape index (κ2) is 10.1. The normalized spacial score (nSPS) is 19.8. The maximum Gasteiger partial charge on any atom is 0.252 e. The molecule has 2 aromatic carbocycles. The van der Waals surface area contributed by atoms with Gasteiger partial charge < -0.3 is 15.0 Å². The number of carbonyl (C=O) groups excluding carboxylic acids is 1. The van der Waals surface area contributed by atoms with Gasteiger partial charge in [0.25, 0.3) is 5.91 Å². The first kappa shape index (κ1) is 24.2. The number of benzene rings is 2. The van der Waals surface area contributed by atoms with Crippen molar-refractivity contribution in [1.82, 2.24) is 14.5 Å². The molecule has 0 atom stereocenters. The molecule has 2 fully saturated rings. The third kappa shape index (κ3) is 5.25. The van der Waals surface area contributed by atoms with Gasteiger partial charge in [0.2, 0.25) is 10.0 Å². The van der Waals surface area contributed by atoms with Crippen LogP contribution in [0, 0.1) is 0 Å². The Kier molecular flexibility index (Phi) is 7.40. The largest absolute Gasteiger partial charge is 0.381 e. The molecule has 33 heavy (non-hydrogen) atoms. The summed E-state index contributed by atoms with van der Waals surface area (Å²) in [5, 5.41) is 3.25. The van der Waals surface area contributed by atoms with Gasteiger partial charge in [-0.3, -0.25) is 4.79 Å². The molecular formula is C24H30ClN3O4S. The Balaban J connectivity index is 1.53. The summed E-state index contributed by atoms with van der Waals surface area (Å²) in [5.74, 6) is -0.378. The molecule has 0 saturated carbocycles. The van der Waals surface area contributed by atoms with Crippen LogP contribution in [0.2, 0.25) is 5.02 Å². The van der Waals surface area contributed by atoms with E-state index in [1.807, 2.05) is 25.2 Å². The molecule has 0 aliphatic carbocycles. The minimum Gasteiger partial charge on any atom is -0.381 e. The number of halogens is 1. The smallest absolute Gasteiger partial charge is 0.252 e. The quantitative estimate of drug-likeness (QED) is 0.672. The molecule has 0 unspecified atom stereocenters. The summed E-state index contributed by atoms with van der Waals surface area (Å²) in [7, 11) is -1.73. The molecule has 2 aliphatic heterocycles. The van der Waals surface area contributed by atoms with Crippen molar-refractivity contribution in [3.8, 4) is 0 Å². The lowest BCUT2D eigenvalue weighted by molar-refractivity contribution is 0.0487. The molecule has 0 bridgehead atoms. The van der Waals surface area contributed by atoms with Gasteiger partial charge in [-0.15, -0.1) is 0 Å². The van der Waals surface area contributed by atoms with Crippen molar-refractivity contribution < 1.29 is 17.9 Å². The van der Waals surface area contributed by atoms with E-state index in [0.29, 0.717) is 45.9 Å². The third-order valence-electron chi connectivity index (χ3n) is 6.71. The van der Waals surface area contributed by atoms with Gasteiger partial charge in [-0.25, -0.2) is 8.42 Å². The van der Waals surface area contributed by atoms with Gasteiger partial charge in [0, 0.05) is 51.4 Å². The van der Waals surface area contributed by atoms with Crippen LogP contribution >= 0.6 is 11.6 Å². The molecular weight excluding hydrogens is 462 g/mol. The molecule has 1 N–H and O–H groups in total. The number of hydrogen-bond donors (Lipinski definition) is 1. The van der Waals surface area contributed by atoms with E-state index in [1.54, 1.807) is 0 Å². The minimum absolute atomic E-state index is 0.0884. The van der Waals surface area contributed by atoms with Crippen LogP contribution in [0.25, 0.3) is 0 Å². The molecule has 178 valence electrons. The molecule has 9 heteroatoms. The van der Waals surface area contributed by atoms with E-state index in [1.165, 1.54) is 22.5 Å². The highest BCUT2D eigenvalue weighted by molar-refractivity contribution is 7.89. The topological polar surface area (TPSA) is 79.0 Å². The first-order valence-corrected chi connectivity index (χ1v) is 13.0. The molecule has 2 aliphatic rings. The average Bonchev–Trinajstić information content (AvgIpc) is 2.84. The fourth-order valence-electron chi connectivity index (χ4n) is 4.48. The summed E-state index contributed by atoms with van der Waals surface area (Å²) in [5.41, 5.74) is 1.10.